The average Bonchev–Trinajstić information content (AvgIpc) is 2.73. The monoisotopic (exact) mass is 500 g/mol. The highest BCUT2D eigenvalue weighted by molar-refractivity contribution is 14.0. The predicted octanol–water partition coefficient (Wildman–Crippen LogP) is 2.40. The summed E-state index contributed by atoms with van der Waals surface area (Å²) in [5, 5.41) is 3.38. The zero-order valence-electron chi connectivity index (χ0n) is 15.9. The van der Waals surface area contributed by atoms with Crippen LogP contribution in [0.5, 0.6) is 5.75 Å². The maximum absolute atomic E-state index is 12.9. The topological polar surface area (TPSA) is 65.9 Å². The van der Waals surface area contributed by atoms with E-state index < -0.39 is 0 Å². The van der Waals surface area contributed by atoms with Gasteiger partial charge >= 0.3 is 0 Å². The standard InChI is InChI=1S/C19H25FN6O.HI/c1-21-18(22-10-3-15-27-17-6-4-16(20)5-7-17)25-11-13-26(14-12-25)19-23-8-2-9-24-19;/h2,4-9H,3,10-15H2,1H3,(H,21,22);1H. The smallest absolute Gasteiger partial charge is 0.225 e. The number of benzene rings is 1. The van der Waals surface area contributed by atoms with Gasteiger partial charge in [-0.15, -0.1) is 24.0 Å². The molecule has 0 unspecified atom stereocenters. The van der Waals surface area contributed by atoms with Crippen molar-refractivity contribution in [1.29, 1.82) is 0 Å². The molecule has 0 bridgehead atoms. The van der Waals surface area contributed by atoms with E-state index in [9.17, 15) is 4.39 Å². The average molecular weight is 500 g/mol. The van der Waals surface area contributed by atoms with Gasteiger partial charge in [-0.25, -0.2) is 14.4 Å². The summed E-state index contributed by atoms with van der Waals surface area (Å²) < 4.78 is 18.5. The molecular formula is C19H26FIN6O. The van der Waals surface area contributed by atoms with Crippen LogP contribution in [0.2, 0.25) is 0 Å². The van der Waals surface area contributed by atoms with Gasteiger partial charge in [-0.1, -0.05) is 0 Å². The molecule has 1 fully saturated rings. The molecule has 1 aliphatic heterocycles. The molecule has 3 rings (SSSR count). The number of aromatic nitrogens is 2. The van der Waals surface area contributed by atoms with Gasteiger partial charge in [0.25, 0.3) is 0 Å². The fourth-order valence-corrected chi connectivity index (χ4v) is 2.90. The first-order chi connectivity index (χ1) is 13.3. The quantitative estimate of drug-likeness (QED) is 0.285. The maximum Gasteiger partial charge on any atom is 0.225 e. The van der Waals surface area contributed by atoms with Gasteiger partial charge in [0.15, 0.2) is 5.96 Å². The van der Waals surface area contributed by atoms with Crippen LogP contribution in [-0.4, -0.2) is 67.2 Å². The van der Waals surface area contributed by atoms with E-state index in [1.165, 1.54) is 12.1 Å². The Morgan fingerprint density at radius 3 is 2.46 bits per heavy atom. The van der Waals surface area contributed by atoms with Crippen LogP contribution in [0.1, 0.15) is 6.42 Å². The van der Waals surface area contributed by atoms with E-state index >= 15 is 0 Å². The fourth-order valence-electron chi connectivity index (χ4n) is 2.90. The first kappa shape index (κ1) is 22.1. The first-order valence-corrected chi connectivity index (χ1v) is 9.12. The van der Waals surface area contributed by atoms with Gasteiger partial charge in [-0.05, 0) is 36.8 Å². The molecule has 9 heteroatoms. The molecule has 0 atom stereocenters. The third kappa shape index (κ3) is 6.47. The number of nitrogens with one attached hydrogen (secondary N) is 1. The number of piperazine rings is 1. The second-order valence-corrected chi connectivity index (χ2v) is 6.15. The third-order valence-corrected chi connectivity index (χ3v) is 4.31. The number of halogens is 2. The van der Waals surface area contributed by atoms with Crippen LogP contribution in [0.4, 0.5) is 10.3 Å². The lowest BCUT2D eigenvalue weighted by Crippen LogP contribution is -2.53. The Morgan fingerprint density at radius 2 is 1.82 bits per heavy atom. The Labute approximate surface area is 182 Å². The van der Waals surface area contributed by atoms with E-state index in [0.717, 1.165) is 51.1 Å². The molecular weight excluding hydrogens is 474 g/mol. The van der Waals surface area contributed by atoms with E-state index in [4.69, 9.17) is 4.74 Å². The molecule has 152 valence electrons. The van der Waals surface area contributed by atoms with Gasteiger partial charge in [-0.2, -0.15) is 0 Å². The Kier molecular flexibility index (Phi) is 9.18. The molecule has 28 heavy (non-hydrogen) atoms. The van der Waals surface area contributed by atoms with Gasteiger partial charge < -0.3 is 19.9 Å². The van der Waals surface area contributed by atoms with Crippen LogP contribution >= 0.6 is 24.0 Å². The number of aliphatic imine (C=N–C) groups is 1. The predicted molar refractivity (Wildman–Crippen MR) is 119 cm³/mol. The summed E-state index contributed by atoms with van der Waals surface area (Å²) in [5.74, 6) is 2.09. The highest BCUT2D eigenvalue weighted by atomic mass is 127. The van der Waals surface area contributed by atoms with Crippen molar-refractivity contribution < 1.29 is 9.13 Å². The molecule has 1 aromatic carbocycles. The summed E-state index contributed by atoms with van der Waals surface area (Å²) in [7, 11) is 1.80. The van der Waals surface area contributed by atoms with Gasteiger partial charge in [0.1, 0.15) is 11.6 Å². The van der Waals surface area contributed by atoms with Crippen LogP contribution in [0.3, 0.4) is 0 Å². The zero-order chi connectivity index (χ0) is 18.9. The number of guanidine groups is 1. The summed E-state index contributed by atoms with van der Waals surface area (Å²) in [5.41, 5.74) is 0. The summed E-state index contributed by atoms with van der Waals surface area (Å²) in [4.78, 5) is 17.4. The number of nitrogens with zero attached hydrogens (tertiary/aromatic N) is 5. The minimum absolute atomic E-state index is 0. The summed E-state index contributed by atoms with van der Waals surface area (Å²) >= 11 is 0. The number of hydrogen-bond acceptors (Lipinski definition) is 5. The van der Waals surface area contributed by atoms with Crippen molar-refractivity contribution in [1.82, 2.24) is 20.2 Å². The lowest BCUT2D eigenvalue weighted by atomic mass is 10.3. The van der Waals surface area contributed by atoms with Crippen LogP contribution in [0.15, 0.2) is 47.7 Å². The molecule has 0 aliphatic carbocycles. The molecule has 7 nitrogen and oxygen atoms in total. The molecule has 0 saturated carbocycles. The lowest BCUT2D eigenvalue weighted by molar-refractivity contribution is 0.308. The Morgan fingerprint density at radius 1 is 1.14 bits per heavy atom. The van der Waals surface area contributed by atoms with Crippen LogP contribution < -0.4 is 15.0 Å². The summed E-state index contributed by atoms with van der Waals surface area (Å²) in [6.07, 6.45) is 4.36. The maximum atomic E-state index is 12.9. The molecule has 1 aliphatic rings. The van der Waals surface area contributed by atoms with Crippen molar-refractivity contribution in [2.45, 2.75) is 6.42 Å². The summed E-state index contributed by atoms with van der Waals surface area (Å²) in [6, 6.07) is 7.89. The Balaban J connectivity index is 0.00000280. The number of anilines is 1. The zero-order valence-corrected chi connectivity index (χ0v) is 18.3. The highest BCUT2D eigenvalue weighted by Gasteiger charge is 2.20. The normalized spacial score (nSPS) is 14.4. The van der Waals surface area contributed by atoms with Crippen molar-refractivity contribution in [3.63, 3.8) is 0 Å². The second-order valence-electron chi connectivity index (χ2n) is 6.15. The molecule has 1 saturated heterocycles. The number of ether oxygens (including phenoxy) is 1. The van der Waals surface area contributed by atoms with Gasteiger partial charge in [0, 0.05) is 52.2 Å². The third-order valence-electron chi connectivity index (χ3n) is 4.31. The van der Waals surface area contributed by atoms with Crippen molar-refractivity contribution >= 4 is 35.9 Å². The minimum atomic E-state index is -0.258. The van der Waals surface area contributed by atoms with Gasteiger partial charge in [0.05, 0.1) is 6.61 Å². The molecule has 1 aromatic heterocycles. The molecule has 0 radical (unpaired) electrons. The van der Waals surface area contributed by atoms with E-state index in [1.54, 1.807) is 31.6 Å². The molecule has 0 amide bonds. The van der Waals surface area contributed by atoms with E-state index in [0.29, 0.717) is 12.4 Å². The highest BCUT2D eigenvalue weighted by Crippen LogP contribution is 2.11. The first-order valence-electron chi connectivity index (χ1n) is 9.12. The van der Waals surface area contributed by atoms with Crippen LogP contribution in [-0.2, 0) is 0 Å². The second kappa shape index (κ2) is 11.6. The number of hydrogen-bond donors (Lipinski definition) is 1. The molecule has 2 heterocycles. The van der Waals surface area contributed by atoms with Crippen LogP contribution in [0.25, 0.3) is 0 Å². The minimum Gasteiger partial charge on any atom is -0.494 e. The number of rotatable bonds is 6. The van der Waals surface area contributed by atoms with Crippen molar-refractivity contribution in [2.75, 3.05) is 51.3 Å². The van der Waals surface area contributed by atoms with E-state index in [1.807, 2.05) is 6.07 Å². The van der Waals surface area contributed by atoms with Gasteiger partial charge in [0.2, 0.25) is 5.95 Å². The van der Waals surface area contributed by atoms with Crippen LogP contribution in [0, 0.1) is 5.82 Å². The Bertz CT molecular complexity index is 723. The van der Waals surface area contributed by atoms with Crippen molar-refractivity contribution in [3.05, 3.63) is 48.5 Å². The molecule has 0 spiro atoms. The SMILES string of the molecule is CN=C(NCCCOc1ccc(F)cc1)N1CCN(c2ncccn2)CC1.I. The van der Waals surface area contributed by atoms with Crippen molar-refractivity contribution in [3.8, 4) is 5.75 Å². The fraction of sp³-hybridized carbons (Fsp3) is 0.421. The summed E-state index contributed by atoms with van der Waals surface area (Å²) in [6.45, 7) is 4.77. The Hall–Kier alpha value is -2.17. The van der Waals surface area contributed by atoms with E-state index in [-0.39, 0.29) is 29.8 Å². The molecule has 2 aromatic rings. The van der Waals surface area contributed by atoms with Crippen molar-refractivity contribution in [2.24, 2.45) is 4.99 Å². The molecule has 1 N–H and O–H groups in total. The van der Waals surface area contributed by atoms with E-state index in [2.05, 4.69) is 30.1 Å². The van der Waals surface area contributed by atoms with Gasteiger partial charge in [-0.3, -0.25) is 4.99 Å². The largest absolute Gasteiger partial charge is 0.494 e. The lowest BCUT2D eigenvalue weighted by Gasteiger charge is -2.36.